The number of hydrogen-bond donors (Lipinski definition) is 1. The number of carbonyl (C=O) groups excluding carboxylic acids is 2. The molecule has 3 aromatic rings. The molecule has 0 fully saturated rings. The third-order valence-electron chi connectivity index (χ3n) is 4.85. The number of nitrogens with zero attached hydrogens (tertiary/aromatic N) is 2. The number of anilines is 2. The molecule has 2 heterocycles. The van der Waals surface area contributed by atoms with Crippen molar-refractivity contribution in [2.24, 2.45) is 0 Å². The van der Waals surface area contributed by atoms with Gasteiger partial charge in [-0.3, -0.25) is 14.5 Å². The Morgan fingerprint density at radius 2 is 2.06 bits per heavy atom. The second-order valence-corrected chi connectivity index (χ2v) is 9.00. The molecule has 160 valence electrons. The lowest BCUT2D eigenvalue weighted by atomic mass is 10.1. The summed E-state index contributed by atoms with van der Waals surface area (Å²) < 4.78 is 19.1. The van der Waals surface area contributed by atoms with E-state index in [1.165, 1.54) is 23.1 Å². The van der Waals surface area contributed by atoms with Gasteiger partial charge in [-0.25, -0.2) is 9.37 Å². The predicted octanol–water partition coefficient (Wildman–Crippen LogP) is 4.97. The number of amides is 2. The molecule has 4 rings (SSSR count). The molecule has 1 aromatic heterocycles. The van der Waals surface area contributed by atoms with Crippen LogP contribution in [0.4, 0.5) is 15.8 Å². The standard InChI is InChI=1S/C22H19ClFN3O3S/c1-11-22(29)27(10-20(28)26-15-5-6-17(24)16(23)9-15)18-8-14(4-7-19(18)30-11)21-12(2)31-13(3)25-21/h4-9,11H,10H2,1-3H3,(H,26,28). The molecular weight excluding hydrogens is 441 g/mol. The number of ether oxygens (including phenoxy) is 1. The van der Waals surface area contributed by atoms with Gasteiger partial charge >= 0.3 is 0 Å². The van der Waals surface area contributed by atoms with Gasteiger partial charge in [-0.1, -0.05) is 11.6 Å². The van der Waals surface area contributed by atoms with Gasteiger partial charge in [0.1, 0.15) is 18.1 Å². The quantitative estimate of drug-likeness (QED) is 0.597. The maximum atomic E-state index is 13.4. The summed E-state index contributed by atoms with van der Waals surface area (Å²) >= 11 is 7.37. The third kappa shape index (κ3) is 4.26. The highest BCUT2D eigenvalue weighted by Crippen LogP contribution is 2.38. The number of fused-ring (bicyclic) bond motifs is 1. The number of thiazole rings is 1. The molecule has 0 saturated heterocycles. The highest BCUT2D eigenvalue weighted by molar-refractivity contribution is 7.11. The van der Waals surface area contributed by atoms with E-state index in [0.29, 0.717) is 17.1 Å². The van der Waals surface area contributed by atoms with Crippen molar-refractivity contribution >= 4 is 46.1 Å². The molecule has 2 amide bonds. The molecule has 6 nitrogen and oxygen atoms in total. The number of benzene rings is 2. The van der Waals surface area contributed by atoms with Gasteiger partial charge in [-0.05, 0) is 57.2 Å². The molecule has 1 atom stereocenters. The fourth-order valence-corrected chi connectivity index (χ4v) is 4.45. The maximum Gasteiger partial charge on any atom is 0.268 e. The molecule has 0 bridgehead atoms. The minimum atomic E-state index is -0.727. The Labute approximate surface area is 187 Å². The van der Waals surface area contributed by atoms with Crippen molar-refractivity contribution in [2.45, 2.75) is 26.9 Å². The van der Waals surface area contributed by atoms with E-state index in [0.717, 1.165) is 21.1 Å². The van der Waals surface area contributed by atoms with E-state index >= 15 is 0 Å². The minimum Gasteiger partial charge on any atom is -0.479 e. The molecule has 0 aliphatic carbocycles. The van der Waals surface area contributed by atoms with Crippen LogP contribution in [0.3, 0.4) is 0 Å². The zero-order valence-corrected chi connectivity index (χ0v) is 18.6. The maximum absolute atomic E-state index is 13.4. The van der Waals surface area contributed by atoms with Crippen LogP contribution in [0.5, 0.6) is 5.75 Å². The molecule has 0 saturated carbocycles. The van der Waals surface area contributed by atoms with Gasteiger partial charge in [-0.15, -0.1) is 11.3 Å². The van der Waals surface area contributed by atoms with Gasteiger partial charge in [0.25, 0.3) is 5.91 Å². The van der Waals surface area contributed by atoms with E-state index < -0.39 is 17.8 Å². The van der Waals surface area contributed by atoms with Crippen molar-refractivity contribution < 1.29 is 18.7 Å². The molecule has 0 radical (unpaired) electrons. The van der Waals surface area contributed by atoms with Crippen molar-refractivity contribution in [1.82, 2.24) is 4.98 Å². The topological polar surface area (TPSA) is 71.5 Å². The first-order valence-corrected chi connectivity index (χ1v) is 10.7. The SMILES string of the molecule is Cc1nc(-c2ccc3c(c2)N(CC(=O)Nc2ccc(F)c(Cl)c2)C(=O)C(C)O3)c(C)s1. The summed E-state index contributed by atoms with van der Waals surface area (Å²) in [7, 11) is 0. The first-order valence-electron chi connectivity index (χ1n) is 9.54. The average molecular weight is 460 g/mol. The van der Waals surface area contributed by atoms with Gasteiger partial charge in [0.05, 0.1) is 21.4 Å². The van der Waals surface area contributed by atoms with Crippen molar-refractivity contribution in [3.63, 3.8) is 0 Å². The van der Waals surface area contributed by atoms with Crippen molar-refractivity contribution in [2.75, 3.05) is 16.8 Å². The first kappa shape index (κ1) is 21.3. The van der Waals surface area contributed by atoms with Gasteiger partial charge in [0.15, 0.2) is 6.10 Å². The molecule has 1 N–H and O–H groups in total. The van der Waals surface area contributed by atoms with Gasteiger partial charge in [0.2, 0.25) is 5.91 Å². The van der Waals surface area contributed by atoms with Gasteiger partial charge in [0, 0.05) is 16.1 Å². The van der Waals surface area contributed by atoms with Crippen molar-refractivity contribution in [1.29, 1.82) is 0 Å². The van der Waals surface area contributed by atoms with E-state index in [-0.39, 0.29) is 17.5 Å². The summed E-state index contributed by atoms with van der Waals surface area (Å²) in [5, 5.41) is 3.49. The van der Waals surface area contributed by atoms with Gasteiger partial charge < -0.3 is 10.1 Å². The summed E-state index contributed by atoms with van der Waals surface area (Å²) in [4.78, 5) is 32.5. The van der Waals surface area contributed by atoms with Crippen molar-refractivity contribution in [3.8, 4) is 17.0 Å². The van der Waals surface area contributed by atoms with Crippen LogP contribution >= 0.6 is 22.9 Å². The third-order valence-corrected chi connectivity index (χ3v) is 6.03. The highest BCUT2D eigenvalue weighted by Gasteiger charge is 2.33. The van der Waals surface area contributed by atoms with Gasteiger partial charge in [-0.2, -0.15) is 0 Å². The Bertz CT molecular complexity index is 1200. The van der Waals surface area contributed by atoms with Crippen LogP contribution in [-0.2, 0) is 9.59 Å². The van der Waals surface area contributed by atoms with Crippen LogP contribution in [0.15, 0.2) is 36.4 Å². The number of halogens is 2. The smallest absolute Gasteiger partial charge is 0.268 e. The largest absolute Gasteiger partial charge is 0.479 e. The first-order chi connectivity index (χ1) is 14.7. The fraction of sp³-hybridized carbons (Fsp3) is 0.227. The highest BCUT2D eigenvalue weighted by atomic mass is 35.5. The number of rotatable bonds is 4. The van der Waals surface area contributed by atoms with Crippen molar-refractivity contribution in [3.05, 3.63) is 57.1 Å². The average Bonchev–Trinajstić information content (AvgIpc) is 3.06. The van der Waals surface area contributed by atoms with Crippen LogP contribution in [-0.4, -0.2) is 29.4 Å². The number of hydrogen-bond acceptors (Lipinski definition) is 5. The Hall–Kier alpha value is -2.97. The molecular formula is C22H19ClFN3O3S. The monoisotopic (exact) mass is 459 g/mol. The van der Waals surface area contributed by atoms with E-state index in [1.54, 1.807) is 24.3 Å². The van der Waals surface area contributed by atoms with E-state index in [2.05, 4.69) is 10.3 Å². The van der Waals surface area contributed by atoms with E-state index in [1.807, 2.05) is 26.0 Å². The Morgan fingerprint density at radius 3 is 2.74 bits per heavy atom. The summed E-state index contributed by atoms with van der Waals surface area (Å²) in [6.45, 7) is 5.33. The summed E-state index contributed by atoms with van der Waals surface area (Å²) in [6, 6.07) is 9.37. The lowest BCUT2D eigenvalue weighted by Crippen LogP contribution is -2.47. The van der Waals surface area contributed by atoms with Crippen LogP contribution < -0.4 is 15.0 Å². The molecule has 0 spiro atoms. The zero-order chi connectivity index (χ0) is 22.3. The lowest BCUT2D eigenvalue weighted by molar-refractivity contribution is -0.127. The zero-order valence-electron chi connectivity index (χ0n) is 17.0. The minimum absolute atomic E-state index is 0.0993. The number of aromatic nitrogens is 1. The molecule has 1 aliphatic rings. The summed E-state index contributed by atoms with van der Waals surface area (Å²) in [5.41, 5.74) is 2.51. The van der Waals surface area contributed by atoms with Crippen LogP contribution in [0.2, 0.25) is 5.02 Å². The Kier molecular flexibility index (Phi) is 5.68. The molecule has 1 aliphatic heterocycles. The second kappa shape index (κ2) is 8.28. The Balaban J connectivity index is 1.63. The summed E-state index contributed by atoms with van der Waals surface area (Å²) in [5.74, 6) is -0.839. The second-order valence-electron chi connectivity index (χ2n) is 7.18. The van der Waals surface area contributed by atoms with Crippen LogP contribution in [0.25, 0.3) is 11.3 Å². The Morgan fingerprint density at radius 1 is 1.29 bits per heavy atom. The van der Waals surface area contributed by atoms with E-state index in [9.17, 15) is 14.0 Å². The molecule has 1 unspecified atom stereocenters. The predicted molar refractivity (Wildman–Crippen MR) is 120 cm³/mol. The van der Waals surface area contributed by atoms with Crippen LogP contribution in [0.1, 0.15) is 16.8 Å². The number of aryl methyl sites for hydroxylation is 2. The fourth-order valence-electron chi connectivity index (χ4n) is 3.43. The van der Waals surface area contributed by atoms with E-state index in [4.69, 9.17) is 16.3 Å². The lowest BCUT2D eigenvalue weighted by Gasteiger charge is -2.33. The number of carbonyl (C=O) groups is 2. The molecule has 2 aromatic carbocycles. The normalized spacial score (nSPS) is 15.5. The molecule has 9 heteroatoms. The number of nitrogens with one attached hydrogen (secondary N) is 1. The summed E-state index contributed by atoms with van der Waals surface area (Å²) in [6.07, 6.45) is -0.727. The molecule has 31 heavy (non-hydrogen) atoms. The van der Waals surface area contributed by atoms with Crippen LogP contribution in [0, 0.1) is 19.7 Å².